The molecule has 2 fully saturated rings. The number of hydrogen-bond donors (Lipinski definition) is 0. The Hall–Kier alpha value is -2.78. The number of rotatable bonds is 4. The minimum Gasteiger partial charge on any atom is -0.331 e. The highest BCUT2D eigenvalue weighted by Gasteiger charge is 2.46. The monoisotopic (exact) mass is 518 g/mol. The summed E-state index contributed by atoms with van der Waals surface area (Å²) < 4.78 is 81.5. The molecule has 2 heterocycles. The first-order chi connectivity index (χ1) is 15.9. The second-order valence-electron chi connectivity index (χ2n) is 8.00. The van der Waals surface area contributed by atoms with E-state index in [1.807, 2.05) is 0 Å². The molecule has 1 aliphatic carbocycles. The summed E-state index contributed by atoms with van der Waals surface area (Å²) in [6.45, 7) is 1.30. The fourth-order valence-corrected chi connectivity index (χ4v) is 5.41. The lowest BCUT2D eigenvalue weighted by atomic mass is 10.1. The van der Waals surface area contributed by atoms with E-state index >= 15 is 0 Å². The number of nitriles is 1. The van der Waals surface area contributed by atoms with E-state index in [2.05, 4.69) is 4.98 Å². The molecule has 1 saturated heterocycles. The minimum absolute atomic E-state index is 0.0550. The van der Waals surface area contributed by atoms with Gasteiger partial charge in [0, 0.05) is 28.6 Å². The third-order valence-corrected chi connectivity index (χ3v) is 7.05. The van der Waals surface area contributed by atoms with Crippen LogP contribution in [0.2, 0.25) is 5.02 Å². The number of alkyl halides is 3. The lowest BCUT2D eigenvalue weighted by molar-refractivity contribution is -0.137. The van der Waals surface area contributed by atoms with E-state index in [1.54, 1.807) is 0 Å². The van der Waals surface area contributed by atoms with Crippen molar-refractivity contribution >= 4 is 39.8 Å². The number of anilines is 2. The minimum atomic E-state index is -4.86. The first-order valence-corrected chi connectivity index (χ1v) is 11.9. The molecule has 34 heavy (non-hydrogen) atoms. The van der Waals surface area contributed by atoms with Gasteiger partial charge in [-0.25, -0.2) is 13.8 Å². The van der Waals surface area contributed by atoms with Gasteiger partial charge < -0.3 is 9.80 Å². The van der Waals surface area contributed by atoms with Crippen molar-refractivity contribution in [2.45, 2.75) is 38.0 Å². The Labute approximate surface area is 198 Å². The molecule has 1 aromatic carbocycles. The van der Waals surface area contributed by atoms with Crippen molar-refractivity contribution in [1.82, 2.24) is 4.98 Å². The quantitative estimate of drug-likeness (QED) is 0.445. The van der Waals surface area contributed by atoms with Gasteiger partial charge in [0.25, 0.3) is 5.91 Å². The third kappa shape index (κ3) is 4.46. The topological polar surface area (TPSA) is 77.3 Å². The summed E-state index contributed by atoms with van der Waals surface area (Å²) in [7, 11) is -1.66. The van der Waals surface area contributed by atoms with Crippen molar-refractivity contribution in [2.75, 3.05) is 21.4 Å². The van der Waals surface area contributed by atoms with Gasteiger partial charge in [0.2, 0.25) is 0 Å². The predicted octanol–water partition coefficient (Wildman–Crippen LogP) is 4.30. The fourth-order valence-electron chi connectivity index (χ4n) is 3.86. The molecule has 1 saturated carbocycles. The Bertz CT molecular complexity index is 1250. The molecule has 4 rings (SSSR count). The van der Waals surface area contributed by atoms with Crippen molar-refractivity contribution in [3.63, 3.8) is 0 Å². The summed E-state index contributed by atoms with van der Waals surface area (Å²) in [4.78, 5) is 19.8. The Kier molecular flexibility index (Phi) is 6.29. The smallest absolute Gasteiger partial charge is 0.331 e. The zero-order valence-electron chi connectivity index (χ0n) is 17.5. The number of hydrogen-bond acceptors (Lipinski definition) is 5. The number of benzene rings is 1. The normalized spacial score (nSPS) is 20.4. The highest BCUT2D eigenvalue weighted by molar-refractivity contribution is 7.85. The maximum Gasteiger partial charge on any atom is 0.417 e. The van der Waals surface area contributed by atoms with Crippen LogP contribution in [0.15, 0.2) is 18.2 Å². The number of aromatic nitrogens is 1. The average Bonchev–Trinajstić information content (AvgIpc) is 3.50. The summed E-state index contributed by atoms with van der Waals surface area (Å²) in [6, 6.07) is 2.00. The van der Waals surface area contributed by atoms with Crippen LogP contribution in [0.25, 0.3) is 0 Å². The second-order valence-corrected chi connectivity index (χ2v) is 9.88. The molecule has 1 amide bonds. The Balaban J connectivity index is 1.80. The van der Waals surface area contributed by atoms with Crippen LogP contribution in [-0.2, 0) is 21.8 Å². The molecule has 1 aromatic heterocycles. The molecule has 2 aliphatic rings. The van der Waals surface area contributed by atoms with Crippen molar-refractivity contribution in [1.29, 1.82) is 5.26 Å². The molecule has 0 radical (unpaired) electrons. The van der Waals surface area contributed by atoms with Gasteiger partial charge in [-0.3, -0.25) is 9.00 Å². The predicted molar refractivity (Wildman–Crippen MR) is 115 cm³/mol. The van der Waals surface area contributed by atoms with E-state index in [-0.39, 0.29) is 23.0 Å². The zero-order chi connectivity index (χ0) is 24.9. The van der Waals surface area contributed by atoms with Crippen molar-refractivity contribution in [3.8, 4) is 6.07 Å². The summed E-state index contributed by atoms with van der Waals surface area (Å²) in [5.41, 5.74) is -2.37. The first-order valence-electron chi connectivity index (χ1n) is 10.0. The number of pyridine rings is 1. The molecule has 0 N–H and O–H groups in total. The van der Waals surface area contributed by atoms with Gasteiger partial charge in [-0.1, -0.05) is 11.6 Å². The second kappa shape index (κ2) is 8.78. The van der Waals surface area contributed by atoms with Crippen LogP contribution in [0.3, 0.4) is 0 Å². The van der Waals surface area contributed by atoms with Crippen LogP contribution in [0.4, 0.5) is 33.5 Å². The van der Waals surface area contributed by atoms with E-state index in [0.29, 0.717) is 18.9 Å². The molecule has 1 unspecified atom stereocenters. The van der Waals surface area contributed by atoms with E-state index in [9.17, 15) is 36.2 Å². The van der Waals surface area contributed by atoms with Crippen LogP contribution >= 0.6 is 11.6 Å². The van der Waals surface area contributed by atoms with Gasteiger partial charge in [-0.2, -0.15) is 18.4 Å². The van der Waals surface area contributed by atoms with Crippen LogP contribution < -0.4 is 9.80 Å². The molecule has 0 bridgehead atoms. The van der Waals surface area contributed by atoms with Gasteiger partial charge in [-0.05, 0) is 31.9 Å². The summed E-state index contributed by atoms with van der Waals surface area (Å²) in [5.74, 6) is -3.84. The Morgan fingerprint density at radius 3 is 2.53 bits per heavy atom. The van der Waals surface area contributed by atoms with Gasteiger partial charge in [0.1, 0.15) is 35.1 Å². The Morgan fingerprint density at radius 1 is 1.26 bits per heavy atom. The van der Waals surface area contributed by atoms with Crippen LogP contribution in [0.5, 0.6) is 0 Å². The Morgan fingerprint density at radius 2 is 1.94 bits per heavy atom. The summed E-state index contributed by atoms with van der Waals surface area (Å²) in [5, 5.41) is 9.08. The SMILES string of the molecule is Cc1cc(C(F)(F)F)c(C#N)c(N2CS(=O)C[C@H]2C(=O)N(c2cc(Cl)c(F)cc2F)C2CC2)n1. The molecule has 1 aliphatic heterocycles. The molecular formula is C21H16ClF5N4O2S. The van der Waals surface area contributed by atoms with Crippen LogP contribution in [0, 0.1) is 29.9 Å². The molecule has 2 aromatic rings. The fraction of sp³-hybridized carbons (Fsp3) is 0.381. The van der Waals surface area contributed by atoms with Gasteiger partial charge in [-0.15, -0.1) is 0 Å². The largest absolute Gasteiger partial charge is 0.417 e. The van der Waals surface area contributed by atoms with Crippen molar-refractivity contribution in [3.05, 3.63) is 51.7 Å². The van der Waals surface area contributed by atoms with E-state index in [4.69, 9.17) is 11.6 Å². The number of aryl methyl sites for hydroxylation is 1. The summed E-state index contributed by atoms with van der Waals surface area (Å²) in [6.07, 6.45) is -3.83. The average molecular weight is 519 g/mol. The van der Waals surface area contributed by atoms with E-state index in [1.165, 1.54) is 13.0 Å². The lowest BCUT2D eigenvalue weighted by Gasteiger charge is -2.31. The number of carbonyl (C=O) groups excluding carboxylic acids is 1. The highest BCUT2D eigenvalue weighted by atomic mass is 35.5. The van der Waals surface area contributed by atoms with Crippen LogP contribution in [0.1, 0.15) is 29.7 Å². The highest BCUT2D eigenvalue weighted by Crippen LogP contribution is 2.40. The number of carbonyl (C=O) groups is 1. The molecule has 0 spiro atoms. The van der Waals surface area contributed by atoms with Gasteiger partial charge in [0.05, 0.1) is 27.9 Å². The number of amides is 1. The standard InChI is InChI=1S/C21H16ClF5N4O2S/c1-10-4-13(21(25,26)27)12(7-28)19(29-10)30-9-34(33)8-18(30)20(32)31(11-2-3-11)17-5-14(22)15(23)6-16(17)24/h4-6,11,18H,2-3,8-9H2,1H3/t18-,34?/m0/s1. The number of nitrogens with zero attached hydrogens (tertiary/aromatic N) is 4. The maximum atomic E-state index is 14.6. The third-order valence-electron chi connectivity index (χ3n) is 5.50. The first kappa shape index (κ1) is 24.3. The zero-order valence-corrected chi connectivity index (χ0v) is 19.1. The van der Waals surface area contributed by atoms with Crippen molar-refractivity contribution < 1.29 is 31.0 Å². The van der Waals surface area contributed by atoms with Gasteiger partial charge in [0.15, 0.2) is 0 Å². The lowest BCUT2D eigenvalue weighted by Crippen LogP contribution is -2.49. The maximum absolute atomic E-state index is 14.6. The van der Waals surface area contributed by atoms with Crippen molar-refractivity contribution in [2.24, 2.45) is 0 Å². The molecular weight excluding hydrogens is 503 g/mol. The molecule has 6 nitrogen and oxygen atoms in total. The number of halogens is 6. The van der Waals surface area contributed by atoms with Crippen LogP contribution in [-0.4, -0.2) is 38.8 Å². The molecule has 13 heteroatoms. The van der Waals surface area contributed by atoms with E-state index in [0.717, 1.165) is 21.9 Å². The summed E-state index contributed by atoms with van der Waals surface area (Å²) >= 11 is 5.79. The van der Waals surface area contributed by atoms with Gasteiger partial charge >= 0.3 is 6.18 Å². The molecule has 180 valence electrons. The van der Waals surface area contributed by atoms with E-state index < -0.39 is 68.6 Å². The molecule has 2 atom stereocenters.